The van der Waals surface area contributed by atoms with Crippen LogP contribution in [0.1, 0.15) is 5.56 Å². The van der Waals surface area contributed by atoms with Gasteiger partial charge in [0.2, 0.25) is 0 Å². The molecule has 0 fully saturated rings. The second kappa shape index (κ2) is 8.08. The Bertz CT molecular complexity index is 574. The summed E-state index contributed by atoms with van der Waals surface area (Å²) < 4.78 is 10.2. The van der Waals surface area contributed by atoms with Crippen LogP contribution in [0.2, 0.25) is 5.02 Å². The van der Waals surface area contributed by atoms with E-state index in [1.165, 1.54) is 20.4 Å². The van der Waals surface area contributed by atoms with Gasteiger partial charge in [-0.2, -0.15) is 5.10 Å². The predicted octanol–water partition coefficient (Wildman–Crippen LogP) is 1.16. The zero-order valence-electron chi connectivity index (χ0n) is 11.9. The van der Waals surface area contributed by atoms with Gasteiger partial charge >= 0.3 is 11.9 Å². The van der Waals surface area contributed by atoms with Gasteiger partial charge in [0, 0.05) is 5.56 Å². The van der Waals surface area contributed by atoms with Crippen molar-refractivity contribution in [2.75, 3.05) is 27.3 Å². The van der Waals surface area contributed by atoms with E-state index in [-0.39, 0.29) is 5.02 Å². The number of rotatable bonds is 8. The molecule has 0 aromatic heterocycles. The fourth-order valence-electron chi connectivity index (χ4n) is 1.60. The number of benzene rings is 1. The maximum Gasteiger partial charge on any atom is 0.324 e. The second-order valence-electron chi connectivity index (χ2n) is 4.06. The van der Waals surface area contributed by atoms with E-state index >= 15 is 0 Å². The molecule has 0 amide bonds. The first-order chi connectivity index (χ1) is 10.4. The number of carbonyl (C=O) groups is 2. The minimum atomic E-state index is -1.20. The summed E-state index contributed by atoms with van der Waals surface area (Å²) in [7, 11) is 2.88. The Balaban J connectivity index is 3.04. The molecule has 0 spiro atoms. The molecule has 0 unspecified atom stereocenters. The molecule has 0 heterocycles. The molecule has 0 bridgehead atoms. The van der Waals surface area contributed by atoms with E-state index in [1.54, 1.807) is 12.1 Å². The van der Waals surface area contributed by atoms with Gasteiger partial charge in [0.25, 0.3) is 0 Å². The third kappa shape index (κ3) is 4.81. The summed E-state index contributed by atoms with van der Waals surface area (Å²) in [5.41, 5.74) is 0.431. The summed E-state index contributed by atoms with van der Waals surface area (Å²) in [6.07, 6.45) is 1.26. The van der Waals surface area contributed by atoms with Gasteiger partial charge in [-0.15, -0.1) is 0 Å². The lowest BCUT2D eigenvalue weighted by Gasteiger charge is -2.14. The topological polar surface area (TPSA) is 109 Å². The Morgan fingerprint density at radius 2 is 1.82 bits per heavy atom. The van der Waals surface area contributed by atoms with E-state index in [1.807, 2.05) is 0 Å². The fourth-order valence-corrected chi connectivity index (χ4v) is 1.88. The van der Waals surface area contributed by atoms with E-state index in [9.17, 15) is 9.59 Å². The highest BCUT2D eigenvalue weighted by Crippen LogP contribution is 2.36. The average Bonchev–Trinajstić information content (AvgIpc) is 2.44. The van der Waals surface area contributed by atoms with Crippen LogP contribution in [0.4, 0.5) is 0 Å². The van der Waals surface area contributed by atoms with Crippen LogP contribution in [-0.4, -0.2) is 60.7 Å². The highest BCUT2D eigenvalue weighted by atomic mass is 35.5. The van der Waals surface area contributed by atoms with Crippen LogP contribution in [-0.2, 0) is 9.59 Å². The molecule has 0 radical (unpaired) electrons. The smallest absolute Gasteiger partial charge is 0.324 e. The third-order valence-corrected chi connectivity index (χ3v) is 2.90. The van der Waals surface area contributed by atoms with E-state index in [0.717, 1.165) is 5.01 Å². The molecule has 0 aliphatic heterocycles. The van der Waals surface area contributed by atoms with E-state index in [0.29, 0.717) is 17.1 Å². The summed E-state index contributed by atoms with van der Waals surface area (Å²) in [5, 5.41) is 22.4. The first-order valence-corrected chi connectivity index (χ1v) is 6.39. The molecule has 1 aromatic carbocycles. The molecule has 8 nitrogen and oxygen atoms in total. The summed E-state index contributed by atoms with van der Waals surface area (Å²) in [5.74, 6) is -1.66. The predicted molar refractivity (Wildman–Crippen MR) is 79.0 cm³/mol. The van der Waals surface area contributed by atoms with Gasteiger partial charge in [-0.05, 0) is 12.1 Å². The van der Waals surface area contributed by atoms with E-state index in [4.69, 9.17) is 31.3 Å². The van der Waals surface area contributed by atoms with Crippen LogP contribution in [0, 0.1) is 0 Å². The lowest BCUT2D eigenvalue weighted by molar-refractivity contribution is -0.141. The summed E-state index contributed by atoms with van der Waals surface area (Å²) in [6, 6.07) is 3.19. The summed E-state index contributed by atoms with van der Waals surface area (Å²) >= 11 is 6.14. The minimum absolute atomic E-state index is 0.219. The van der Waals surface area contributed by atoms with Crippen molar-refractivity contribution >= 4 is 29.8 Å². The number of carboxylic acids is 2. The van der Waals surface area contributed by atoms with Crippen molar-refractivity contribution in [3.05, 3.63) is 22.7 Å². The quantitative estimate of drug-likeness (QED) is 0.544. The van der Waals surface area contributed by atoms with Crippen LogP contribution in [0.5, 0.6) is 11.5 Å². The normalized spacial score (nSPS) is 10.5. The van der Waals surface area contributed by atoms with Gasteiger partial charge in [-0.3, -0.25) is 14.6 Å². The lowest BCUT2D eigenvalue weighted by Crippen LogP contribution is -2.30. The maximum absolute atomic E-state index is 10.7. The molecule has 0 saturated heterocycles. The van der Waals surface area contributed by atoms with E-state index < -0.39 is 25.0 Å². The maximum atomic E-state index is 10.7. The highest BCUT2D eigenvalue weighted by Gasteiger charge is 2.14. The molecular formula is C13H15ClN2O6. The molecule has 0 saturated carbocycles. The van der Waals surface area contributed by atoms with Crippen molar-refractivity contribution in [3.8, 4) is 11.5 Å². The molecule has 0 aliphatic carbocycles. The number of nitrogens with zero attached hydrogens (tertiary/aromatic N) is 2. The van der Waals surface area contributed by atoms with Gasteiger partial charge in [-0.1, -0.05) is 11.6 Å². The minimum Gasteiger partial charge on any atom is -0.493 e. The van der Waals surface area contributed by atoms with Crippen LogP contribution in [0.15, 0.2) is 17.2 Å². The molecule has 22 heavy (non-hydrogen) atoms. The Labute approximate surface area is 131 Å². The summed E-state index contributed by atoms with van der Waals surface area (Å²) in [6.45, 7) is -1.10. The zero-order chi connectivity index (χ0) is 16.7. The average molecular weight is 331 g/mol. The van der Waals surface area contributed by atoms with Crippen LogP contribution in [0.3, 0.4) is 0 Å². The second-order valence-corrected chi connectivity index (χ2v) is 4.44. The van der Waals surface area contributed by atoms with Crippen molar-refractivity contribution in [1.82, 2.24) is 5.01 Å². The van der Waals surface area contributed by atoms with Crippen LogP contribution in [0.25, 0.3) is 0 Å². The fraction of sp³-hybridized carbons (Fsp3) is 0.308. The molecule has 1 rings (SSSR count). The van der Waals surface area contributed by atoms with Crippen LogP contribution >= 0.6 is 11.6 Å². The van der Waals surface area contributed by atoms with Crippen molar-refractivity contribution in [3.63, 3.8) is 0 Å². The van der Waals surface area contributed by atoms with Crippen LogP contribution < -0.4 is 9.47 Å². The number of halogens is 1. The standard InChI is InChI=1S/C13H15ClN2O6/c1-21-9-4-3-8(12(14)13(9)22-2)5-15-16(6-10(17)18)7-11(19)20/h3-5H,6-7H2,1-2H3,(H,17,18)(H,19,20)/b15-5-. The first kappa shape index (κ1) is 17.6. The Kier molecular flexibility index (Phi) is 6.46. The monoisotopic (exact) mass is 330 g/mol. The lowest BCUT2D eigenvalue weighted by atomic mass is 10.2. The van der Waals surface area contributed by atoms with Gasteiger partial charge in [0.05, 0.1) is 25.5 Å². The Morgan fingerprint density at radius 1 is 1.23 bits per heavy atom. The number of methoxy groups -OCH3 is 2. The van der Waals surface area contributed by atoms with Crippen molar-refractivity contribution < 1.29 is 29.3 Å². The van der Waals surface area contributed by atoms with Gasteiger partial charge in [0.1, 0.15) is 13.1 Å². The van der Waals surface area contributed by atoms with Crippen molar-refractivity contribution in [2.24, 2.45) is 5.10 Å². The molecule has 1 aromatic rings. The highest BCUT2D eigenvalue weighted by molar-refractivity contribution is 6.34. The van der Waals surface area contributed by atoms with Crippen molar-refractivity contribution in [1.29, 1.82) is 0 Å². The number of ether oxygens (including phenoxy) is 2. The largest absolute Gasteiger partial charge is 0.493 e. The number of aliphatic carboxylic acids is 2. The van der Waals surface area contributed by atoms with Gasteiger partial charge in [-0.25, -0.2) is 0 Å². The summed E-state index contributed by atoms with van der Waals surface area (Å²) in [4.78, 5) is 21.4. The molecule has 2 N–H and O–H groups in total. The Hall–Kier alpha value is -2.48. The SMILES string of the molecule is COc1ccc(/C=N\N(CC(=O)O)CC(=O)O)c(Cl)c1OC. The van der Waals surface area contributed by atoms with E-state index in [2.05, 4.69) is 5.10 Å². The van der Waals surface area contributed by atoms with Gasteiger partial charge < -0.3 is 19.7 Å². The van der Waals surface area contributed by atoms with Gasteiger partial charge in [0.15, 0.2) is 11.5 Å². The Morgan fingerprint density at radius 3 is 2.27 bits per heavy atom. The molecule has 120 valence electrons. The first-order valence-electron chi connectivity index (χ1n) is 6.02. The van der Waals surface area contributed by atoms with Crippen molar-refractivity contribution in [2.45, 2.75) is 0 Å². The number of hydrogen-bond acceptors (Lipinski definition) is 6. The number of carboxylic acid groups (broad SMARTS) is 2. The molecule has 0 atom stereocenters. The molecule has 9 heteroatoms. The molecule has 0 aliphatic rings. The molecular weight excluding hydrogens is 316 g/mol. The number of hydrazone groups is 1. The zero-order valence-corrected chi connectivity index (χ0v) is 12.7. The third-order valence-electron chi connectivity index (χ3n) is 2.51. The number of hydrogen-bond donors (Lipinski definition) is 2.